The Morgan fingerprint density at radius 3 is 1.29 bits per heavy atom. The van der Waals surface area contributed by atoms with Gasteiger partial charge in [-0.2, -0.15) is 0 Å². The van der Waals surface area contributed by atoms with Gasteiger partial charge in [0.2, 0.25) is 0 Å². The van der Waals surface area contributed by atoms with Crippen molar-refractivity contribution in [3.8, 4) is 0 Å². The number of carbonyl (C=O) groups is 2. The SMILES string of the molecule is CCCCCCCC/C=C/CCCCCCCC(=O)OCC(COP(=O)(O)OC1C(O)C(O)C(O)C(O)C1O)OC(=O)CCCCCCC/C=C/CCCCCCCC. The molecule has 1 saturated carbocycles. The maximum absolute atomic E-state index is 12.8. The van der Waals surface area contributed by atoms with Crippen LogP contribution in [0.5, 0.6) is 0 Å². The molecule has 1 aliphatic carbocycles. The van der Waals surface area contributed by atoms with Crippen LogP contribution in [0.15, 0.2) is 24.3 Å². The summed E-state index contributed by atoms with van der Waals surface area (Å²) in [5.74, 6) is -1.11. The highest BCUT2D eigenvalue weighted by atomic mass is 31.2. The van der Waals surface area contributed by atoms with E-state index in [4.69, 9.17) is 18.5 Å². The number of carbonyl (C=O) groups excluding carboxylic acids is 2. The summed E-state index contributed by atoms with van der Waals surface area (Å²) >= 11 is 0. The van der Waals surface area contributed by atoms with Gasteiger partial charge >= 0.3 is 19.8 Å². The zero-order valence-electron chi connectivity index (χ0n) is 36.6. The van der Waals surface area contributed by atoms with E-state index in [9.17, 15) is 44.6 Å². The van der Waals surface area contributed by atoms with Gasteiger partial charge in [-0.25, -0.2) is 4.57 Å². The van der Waals surface area contributed by atoms with E-state index in [-0.39, 0.29) is 12.8 Å². The molecule has 1 aliphatic rings. The highest BCUT2D eigenvalue weighted by molar-refractivity contribution is 7.47. The van der Waals surface area contributed by atoms with Crippen LogP contribution in [-0.2, 0) is 32.7 Å². The minimum atomic E-state index is -5.12. The van der Waals surface area contributed by atoms with E-state index < -0.39 is 75.7 Å². The third-order valence-corrected chi connectivity index (χ3v) is 11.8. The Kier molecular flexibility index (Phi) is 33.7. The molecule has 0 saturated heterocycles. The minimum absolute atomic E-state index is 0.0867. The molecule has 6 unspecified atom stereocenters. The van der Waals surface area contributed by atoms with Crippen LogP contribution in [0.2, 0.25) is 0 Å². The lowest BCUT2D eigenvalue weighted by molar-refractivity contribution is -0.220. The van der Waals surface area contributed by atoms with Crippen LogP contribution in [0, 0.1) is 0 Å². The van der Waals surface area contributed by atoms with Crippen molar-refractivity contribution in [3.05, 3.63) is 24.3 Å². The number of unbranched alkanes of at least 4 members (excludes halogenated alkanes) is 22. The first-order valence-electron chi connectivity index (χ1n) is 23.1. The first kappa shape index (κ1) is 55.3. The van der Waals surface area contributed by atoms with Crippen LogP contribution in [0.4, 0.5) is 0 Å². The molecule has 0 heterocycles. The summed E-state index contributed by atoms with van der Waals surface area (Å²) in [7, 11) is -5.12. The van der Waals surface area contributed by atoms with Gasteiger partial charge in [-0.3, -0.25) is 18.6 Å². The monoisotopic (exact) mass is 863 g/mol. The number of aliphatic hydroxyl groups is 5. The number of hydrogen-bond acceptors (Lipinski definition) is 12. The molecule has 13 nitrogen and oxygen atoms in total. The van der Waals surface area contributed by atoms with Crippen molar-refractivity contribution in [1.82, 2.24) is 0 Å². The van der Waals surface area contributed by atoms with E-state index in [1.54, 1.807) is 0 Å². The fourth-order valence-electron chi connectivity index (χ4n) is 6.98. The molecule has 0 aromatic carbocycles. The second-order valence-corrected chi connectivity index (χ2v) is 17.7. The first-order chi connectivity index (χ1) is 28.4. The van der Waals surface area contributed by atoms with E-state index in [2.05, 4.69) is 38.2 Å². The lowest BCUT2D eigenvalue weighted by atomic mass is 9.85. The van der Waals surface area contributed by atoms with Crippen LogP contribution in [0.3, 0.4) is 0 Å². The Bertz CT molecular complexity index is 1130. The molecule has 14 heteroatoms. The zero-order chi connectivity index (χ0) is 43.6. The molecule has 0 amide bonds. The number of esters is 2. The van der Waals surface area contributed by atoms with Crippen molar-refractivity contribution in [2.24, 2.45) is 0 Å². The standard InChI is InChI=1S/C45H83O13P/c1-3-5-7-9-11-13-15-17-19-21-23-25-27-29-31-33-38(46)55-35-37(36-56-59(53,54)58-45-43(51)41(49)40(48)42(50)44(45)52)57-39(47)34-32-30-28-26-24-22-20-18-16-14-12-10-8-6-4-2/h17-20,37,40-45,48-52H,3-16,21-36H2,1-2H3,(H,53,54)/b19-17+,20-18+. The van der Waals surface area contributed by atoms with Crippen molar-refractivity contribution in [1.29, 1.82) is 0 Å². The van der Waals surface area contributed by atoms with Gasteiger partial charge in [0.05, 0.1) is 6.61 Å². The zero-order valence-corrected chi connectivity index (χ0v) is 37.4. The van der Waals surface area contributed by atoms with Crippen LogP contribution in [0.25, 0.3) is 0 Å². The number of ether oxygens (including phenoxy) is 2. The smallest absolute Gasteiger partial charge is 0.462 e. The summed E-state index contributed by atoms with van der Waals surface area (Å²) in [6, 6.07) is 0. The summed E-state index contributed by atoms with van der Waals surface area (Å²) in [5, 5.41) is 50.1. The van der Waals surface area contributed by atoms with Crippen molar-refractivity contribution >= 4 is 19.8 Å². The molecule has 1 fully saturated rings. The summed E-state index contributed by atoms with van der Waals surface area (Å²) < 4.78 is 33.5. The molecule has 0 aromatic rings. The fourth-order valence-corrected chi connectivity index (χ4v) is 7.95. The number of hydrogen-bond donors (Lipinski definition) is 6. The molecule has 6 N–H and O–H groups in total. The van der Waals surface area contributed by atoms with Crippen molar-refractivity contribution in [2.75, 3.05) is 13.2 Å². The predicted molar refractivity (Wildman–Crippen MR) is 230 cm³/mol. The highest BCUT2D eigenvalue weighted by Crippen LogP contribution is 2.47. The molecular weight excluding hydrogens is 779 g/mol. The van der Waals surface area contributed by atoms with Crippen LogP contribution >= 0.6 is 7.82 Å². The van der Waals surface area contributed by atoms with Crippen LogP contribution in [-0.4, -0.2) is 98.3 Å². The van der Waals surface area contributed by atoms with E-state index in [0.717, 1.165) is 77.0 Å². The molecule has 0 bridgehead atoms. The largest absolute Gasteiger partial charge is 0.472 e. The van der Waals surface area contributed by atoms with Gasteiger partial charge in [-0.15, -0.1) is 0 Å². The molecule has 0 aromatic heterocycles. The Labute approximate surface area is 356 Å². The predicted octanol–water partition coefficient (Wildman–Crippen LogP) is 8.84. The molecule has 0 aliphatic heterocycles. The summed E-state index contributed by atoms with van der Waals surface area (Å²) in [6.07, 6.45) is 25.2. The van der Waals surface area contributed by atoms with E-state index in [1.165, 1.54) is 77.0 Å². The van der Waals surface area contributed by atoms with E-state index >= 15 is 0 Å². The Morgan fingerprint density at radius 1 is 0.508 bits per heavy atom. The maximum Gasteiger partial charge on any atom is 0.472 e. The average molecular weight is 863 g/mol. The summed E-state index contributed by atoms with van der Waals surface area (Å²) in [5.41, 5.74) is 0. The molecule has 346 valence electrons. The summed E-state index contributed by atoms with van der Waals surface area (Å²) in [6.45, 7) is 3.28. The lowest BCUT2D eigenvalue weighted by Crippen LogP contribution is -2.64. The maximum atomic E-state index is 12.8. The lowest BCUT2D eigenvalue weighted by Gasteiger charge is -2.41. The Balaban J connectivity index is 2.47. The van der Waals surface area contributed by atoms with Gasteiger partial charge in [0.25, 0.3) is 0 Å². The Hall–Kier alpha value is -1.67. The molecule has 0 radical (unpaired) electrons. The van der Waals surface area contributed by atoms with E-state index in [1.807, 2.05) is 0 Å². The van der Waals surface area contributed by atoms with Crippen molar-refractivity contribution in [3.63, 3.8) is 0 Å². The van der Waals surface area contributed by atoms with Gasteiger partial charge < -0.3 is 39.9 Å². The van der Waals surface area contributed by atoms with Gasteiger partial charge in [0.15, 0.2) is 6.10 Å². The normalized spacial score (nSPS) is 22.5. The van der Waals surface area contributed by atoms with Gasteiger partial charge in [0, 0.05) is 12.8 Å². The minimum Gasteiger partial charge on any atom is -0.462 e. The van der Waals surface area contributed by atoms with Gasteiger partial charge in [0.1, 0.15) is 43.2 Å². The molecule has 1 rings (SSSR count). The Morgan fingerprint density at radius 2 is 0.864 bits per heavy atom. The molecule has 0 spiro atoms. The number of aliphatic hydroxyl groups excluding tert-OH is 5. The van der Waals surface area contributed by atoms with Crippen molar-refractivity contribution < 1.29 is 63.1 Å². The second kappa shape index (κ2) is 35.9. The first-order valence-corrected chi connectivity index (χ1v) is 24.6. The topological polar surface area (TPSA) is 210 Å². The number of phosphoric acid groups is 1. The van der Waals surface area contributed by atoms with E-state index in [0.29, 0.717) is 12.8 Å². The fraction of sp³-hybridized carbons (Fsp3) is 0.867. The second-order valence-electron chi connectivity index (χ2n) is 16.3. The van der Waals surface area contributed by atoms with Crippen LogP contribution < -0.4 is 0 Å². The van der Waals surface area contributed by atoms with Gasteiger partial charge in [-0.1, -0.05) is 141 Å². The molecule has 6 atom stereocenters. The molecule has 59 heavy (non-hydrogen) atoms. The number of rotatable bonds is 38. The third kappa shape index (κ3) is 28.5. The number of phosphoric ester groups is 1. The third-order valence-electron chi connectivity index (χ3n) is 10.8. The van der Waals surface area contributed by atoms with Crippen molar-refractivity contribution in [2.45, 2.75) is 236 Å². The van der Waals surface area contributed by atoms with Crippen LogP contribution in [0.1, 0.15) is 194 Å². The quantitative estimate of drug-likeness (QED) is 0.0149. The summed E-state index contributed by atoms with van der Waals surface area (Å²) in [4.78, 5) is 35.7. The highest BCUT2D eigenvalue weighted by Gasteiger charge is 2.51. The number of allylic oxidation sites excluding steroid dienone is 4. The molecular formula is C45H83O13P. The van der Waals surface area contributed by atoms with Gasteiger partial charge in [-0.05, 0) is 64.2 Å². The average Bonchev–Trinajstić information content (AvgIpc) is 3.21.